The molecule has 0 aliphatic rings. The van der Waals surface area contributed by atoms with Gasteiger partial charge in [-0.1, -0.05) is 0 Å². The SMILES string of the molecule is O=C([O-])c1cc(=O)c(O)co1.[Na+]. The van der Waals surface area contributed by atoms with Crippen LogP contribution < -0.4 is 40.1 Å². The molecule has 0 saturated carbocycles. The third-order valence-corrected chi connectivity index (χ3v) is 1.01. The van der Waals surface area contributed by atoms with Crippen molar-refractivity contribution < 1.29 is 49.0 Å². The van der Waals surface area contributed by atoms with E-state index in [2.05, 4.69) is 4.42 Å². The number of carboxylic acids is 1. The molecule has 0 fully saturated rings. The first-order chi connectivity index (χ1) is 5.11. The summed E-state index contributed by atoms with van der Waals surface area (Å²) in [6.07, 6.45) is 0.646. The Morgan fingerprint density at radius 2 is 2.17 bits per heavy atom. The molecule has 1 N–H and O–H groups in total. The van der Waals surface area contributed by atoms with E-state index in [0.29, 0.717) is 12.3 Å². The van der Waals surface area contributed by atoms with Crippen molar-refractivity contribution in [3.05, 3.63) is 28.3 Å². The minimum Gasteiger partial charge on any atom is -0.542 e. The molecular formula is C6H3NaO5. The van der Waals surface area contributed by atoms with Crippen LogP contribution >= 0.6 is 0 Å². The number of aromatic carboxylic acids is 1. The number of carboxylic acid groups (broad SMARTS) is 1. The maximum Gasteiger partial charge on any atom is 1.00 e. The van der Waals surface area contributed by atoms with Gasteiger partial charge in [0.1, 0.15) is 12.2 Å². The number of rotatable bonds is 1. The van der Waals surface area contributed by atoms with Gasteiger partial charge in [-0.25, -0.2) is 0 Å². The topological polar surface area (TPSA) is 90.6 Å². The molecule has 1 rings (SSSR count). The molecule has 58 valence electrons. The zero-order valence-corrected chi connectivity index (χ0v) is 8.23. The molecular weight excluding hydrogens is 175 g/mol. The van der Waals surface area contributed by atoms with Crippen LogP contribution in [0.2, 0.25) is 0 Å². The van der Waals surface area contributed by atoms with Gasteiger partial charge in [0.05, 0.1) is 0 Å². The quantitative estimate of drug-likeness (QED) is 0.439. The summed E-state index contributed by atoms with van der Waals surface area (Å²) in [5.41, 5.74) is -0.810. The van der Waals surface area contributed by atoms with Crippen molar-refractivity contribution >= 4 is 5.97 Å². The molecule has 12 heavy (non-hydrogen) atoms. The van der Waals surface area contributed by atoms with Gasteiger partial charge < -0.3 is 19.4 Å². The van der Waals surface area contributed by atoms with E-state index in [0.717, 1.165) is 0 Å². The predicted molar refractivity (Wildman–Crippen MR) is 31.0 cm³/mol. The summed E-state index contributed by atoms with van der Waals surface area (Å²) < 4.78 is 4.29. The van der Waals surface area contributed by atoms with Gasteiger partial charge in [0.2, 0.25) is 5.43 Å². The maximum absolute atomic E-state index is 10.5. The molecule has 0 amide bonds. The molecule has 5 nitrogen and oxygen atoms in total. The van der Waals surface area contributed by atoms with Crippen LogP contribution in [0.5, 0.6) is 5.75 Å². The minimum absolute atomic E-state index is 0. The zero-order valence-electron chi connectivity index (χ0n) is 6.23. The van der Waals surface area contributed by atoms with Gasteiger partial charge >= 0.3 is 29.6 Å². The van der Waals surface area contributed by atoms with Crippen molar-refractivity contribution in [2.75, 3.05) is 0 Å². The van der Waals surface area contributed by atoms with E-state index in [1.807, 2.05) is 0 Å². The van der Waals surface area contributed by atoms with Crippen molar-refractivity contribution in [1.29, 1.82) is 0 Å². The minimum atomic E-state index is -1.60. The fourth-order valence-corrected chi connectivity index (χ4v) is 0.511. The first-order valence-electron chi connectivity index (χ1n) is 2.64. The monoisotopic (exact) mass is 178 g/mol. The molecule has 0 saturated heterocycles. The van der Waals surface area contributed by atoms with Crippen LogP contribution in [-0.2, 0) is 0 Å². The molecule has 0 aromatic carbocycles. The third kappa shape index (κ3) is 2.37. The summed E-state index contributed by atoms with van der Waals surface area (Å²) >= 11 is 0. The second-order valence-electron chi connectivity index (χ2n) is 1.78. The number of hydrogen-bond donors (Lipinski definition) is 1. The van der Waals surface area contributed by atoms with E-state index in [1.165, 1.54) is 0 Å². The summed E-state index contributed by atoms with van der Waals surface area (Å²) in [5, 5.41) is 18.6. The average Bonchev–Trinajstić information content (AvgIpc) is 1.94. The number of hydrogen-bond acceptors (Lipinski definition) is 5. The summed E-state index contributed by atoms with van der Waals surface area (Å²) in [4.78, 5) is 20.6. The van der Waals surface area contributed by atoms with E-state index >= 15 is 0 Å². The Hall–Kier alpha value is -0.780. The average molecular weight is 178 g/mol. The molecule has 0 unspecified atom stereocenters. The van der Waals surface area contributed by atoms with Crippen LogP contribution in [0, 0.1) is 0 Å². The van der Waals surface area contributed by atoms with Crippen LogP contribution in [0.1, 0.15) is 10.6 Å². The van der Waals surface area contributed by atoms with Crippen molar-refractivity contribution in [2.45, 2.75) is 0 Å². The van der Waals surface area contributed by atoms with Gasteiger partial charge in [-0.2, -0.15) is 0 Å². The van der Waals surface area contributed by atoms with Gasteiger partial charge in [0.15, 0.2) is 11.5 Å². The molecule has 0 bridgehead atoms. The van der Waals surface area contributed by atoms with Crippen LogP contribution in [-0.4, -0.2) is 11.1 Å². The van der Waals surface area contributed by atoms with Crippen LogP contribution in [0.15, 0.2) is 21.5 Å². The molecule has 0 atom stereocenters. The molecule has 0 radical (unpaired) electrons. The second-order valence-corrected chi connectivity index (χ2v) is 1.78. The fourth-order valence-electron chi connectivity index (χ4n) is 0.511. The van der Waals surface area contributed by atoms with E-state index in [1.54, 1.807) is 0 Å². The Balaban J connectivity index is 0.00000121. The summed E-state index contributed by atoms with van der Waals surface area (Å²) in [6.45, 7) is 0. The van der Waals surface area contributed by atoms with Gasteiger partial charge in [-0.15, -0.1) is 0 Å². The van der Waals surface area contributed by atoms with E-state index < -0.39 is 22.9 Å². The standard InChI is InChI=1S/C6H4O5.Na/c7-3-1-5(6(9)10)11-2-4(3)8;/h1-2,8H,(H,9,10);/q;+1/p-1. The van der Waals surface area contributed by atoms with Crippen molar-refractivity contribution in [3.8, 4) is 5.75 Å². The number of aromatic hydroxyl groups is 1. The van der Waals surface area contributed by atoms with Crippen LogP contribution in [0.4, 0.5) is 0 Å². The van der Waals surface area contributed by atoms with Crippen molar-refractivity contribution in [1.82, 2.24) is 0 Å². The zero-order chi connectivity index (χ0) is 8.43. The number of carbonyl (C=O) groups excluding carboxylic acids is 1. The van der Waals surface area contributed by atoms with E-state index in [-0.39, 0.29) is 29.6 Å². The van der Waals surface area contributed by atoms with Gasteiger partial charge in [0.25, 0.3) is 0 Å². The third-order valence-electron chi connectivity index (χ3n) is 1.01. The molecule has 1 aromatic rings. The molecule has 0 aliphatic heterocycles. The molecule has 1 aromatic heterocycles. The molecule has 0 spiro atoms. The molecule has 1 heterocycles. The van der Waals surface area contributed by atoms with Crippen LogP contribution in [0.3, 0.4) is 0 Å². The summed E-state index contributed by atoms with van der Waals surface area (Å²) in [7, 11) is 0. The Morgan fingerprint density at radius 1 is 1.58 bits per heavy atom. The second kappa shape index (κ2) is 4.30. The predicted octanol–water partition coefficient (Wildman–Crippen LogP) is -4.29. The molecule has 0 aliphatic carbocycles. The fraction of sp³-hybridized carbons (Fsp3) is 0. The smallest absolute Gasteiger partial charge is 0.542 e. The van der Waals surface area contributed by atoms with Crippen molar-refractivity contribution in [2.24, 2.45) is 0 Å². The largest absolute Gasteiger partial charge is 1.00 e. The molecule has 6 heteroatoms. The Kier molecular flexibility index (Phi) is 4.02. The Bertz CT molecular complexity index is 342. The van der Waals surface area contributed by atoms with Gasteiger partial charge in [-0.05, 0) is 0 Å². The van der Waals surface area contributed by atoms with E-state index in [4.69, 9.17) is 5.11 Å². The summed E-state index contributed by atoms with van der Waals surface area (Å²) in [5.74, 6) is -2.83. The normalized spacial score (nSPS) is 8.67. The van der Waals surface area contributed by atoms with E-state index in [9.17, 15) is 14.7 Å². The van der Waals surface area contributed by atoms with Gasteiger partial charge in [0, 0.05) is 6.07 Å². The Morgan fingerprint density at radius 3 is 2.58 bits per heavy atom. The maximum atomic E-state index is 10.5. The number of carbonyl (C=O) groups is 1. The first kappa shape index (κ1) is 11.2. The van der Waals surface area contributed by atoms with Gasteiger partial charge in [-0.3, -0.25) is 4.79 Å². The van der Waals surface area contributed by atoms with Crippen molar-refractivity contribution in [3.63, 3.8) is 0 Å². The first-order valence-corrected chi connectivity index (χ1v) is 2.64. The summed E-state index contributed by atoms with van der Waals surface area (Å²) in [6, 6.07) is 0.644. The van der Waals surface area contributed by atoms with Crippen LogP contribution in [0.25, 0.3) is 0 Å². The Labute approximate surface area is 88.9 Å².